The summed E-state index contributed by atoms with van der Waals surface area (Å²) in [7, 11) is 1.61. The number of carbonyl (C=O) groups excluding carboxylic acids is 1. The van der Waals surface area contributed by atoms with Gasteiger partial charge in [0.2, 0.25) is 0 Å². The molecule has 0 saturated heterocycles. The number of hydrogen-bond acceptors (Lipinski definition) is 4. The topological polar surface area (TPSA) is 87.2 Å². The van der Waals surface area contributed by atoms with Crippen molar-refractivity contribution >= 4 is 5.91 Å². The van der Waals surface area contributed by atoms with Gasteiger partial charge in [-0.1, -0.05) is 42.0 Å². The number of aliphatic hydroxyl groups is 1. The number of benzene rings is 2. The summed E-state index contributed by atoms with van der Waals surface area (Å²) in [5.41, 5.74) is 3.98. The molecule has 6 nitrogen and oxygen atoms in total. The molecule has 140 valence electrons. The van der Waals surface area contributed by atoms with Gasteiger partial charge in [0, 0.05) is 12.2 Å². The highest BCUT2D eigenvalue weighted by Gasteiger charge is 2.17. The summed E-state index contributed by atoms with van der Waals surface area (Å²) in [6.45, 7) is 1.99. The van der Waals surface area contributed by atoms with Crippen LogP contribution >= 0.6 is 0 Å². The second-order valence-electron chi connectivity index (χ2n) is 6.35. The predicted octanol–water partition coefficient (Wildman–Crippen LogP) is 3.25. The maximum Gasteiger partial charge on any atom is 0.269 e. The summed E-state index contributed by atoms with van der Waals surface area (Å²) in [4.78, 5) is 12.6. The number of carbonyl (C=O) groups is 1. The summed E-state index contributed by atoms with van der Waals surface area (Å²) in [6, 6.07) is 16.8. The van der Waals surface area contributed by atoms with E-state index in [1.807, 2.05) is 55.5 Å². The Morgan fingerprint density at radius 3 is 2.70 bits per heavy atom. The maximum atomic E-state index is 12.6. The Bertz CT molecular complexity index is 903. The highest BCUT2D eigenvalue weighted by Crippen LogP contribution is 2.23. The van der Waals surface area contributed by atoms with Crippen molar-refractivity contribution in [2.45, 2.75) is 19.4 Å². The van der Waals surface area contributed by atoms with Crippen LogP contribution in [-0.2, 0) is 0 Å². The molecule has 27 heavy (non-hydrogen) atoms. The molecule has 3 N–H and O–H groups in total. The SMILES string of the molecule is COc1cccc(-c2cc(C(=O)N[C@@H](CCO)c3ccc(C)cc3)[nH]n2)c1. The zero-order valence-electron chi connectivity index (χ0n) is 15.4. The van der Waals surface area contributed by atoms with Crippen LogP contribution in [0.5, 0.6) is 5.75 Å². The number of H-pyrrole nitrogens is 1. The number of aryl methyl sites for hydroxylation is 1. The molecular weight excluding hydrogens is 342 g/mol. The maximum absolute atomic E-state index is 12.6. The van der Waals surface area contributed by atoms with Crippen LogP contribution in [0.2, 0.25) is 0 Å². The van der Waals surface area contributed by atoms with Crippen molar-refractivity contribution in [1.29, 1.82) is 0 Å². The van der Waals surface area contributed by atoms with Crippen molar-refractivity contribution in [2.75, 3.05) is 13.7 Å². The summed E-state index contributed by atoms with van der Waals surface area (Å²) < 4.78 is 5.23. The lowest BCUT2D eigenvalue weighted by atomic mass is 10.0. The van der Waals surface area contributed by atoms with Gasteiger partial charge < -0.3 is 15.2 Å². The van der Waals surface area contributed by atoms with E-state index in [1.165, 1.54) is 0 Å². The Kier molecular flexibility index (Phi) is 5.88. The van der Waals surface area contributed by atoms with E-state index in [4.69, 9.17) is 4.74 Å². The minimum absolute atomic E-state index is 0.0170. The Balaban J connectivity index is 1.76. The Morgan fingerprint density at radius 2 is 2.00 bits per heavy atom. The van der Waals surface area contributed by atoms with Crippen molar-refractivity contribution in [3.05, 3.63) is 71.4 Å². The standard InChI is InChI=1S/C21H23N3O3/c1-14-6-8-15(9-7-14)18(10-11-25)22-21(26)20-13-19(23-24-20)16-4-3-5-17(12-16)27-2/h3-9,12-13,18,25H,10-11H2,1-2H3,(H,22,26)(H,23,24)/t18-/m0/s1. The largest absolute Gasteiger partial charge is 0.497 e. The number of methoxy groups -OCH3 is 1. The molecule has 0 fully saturated rings. The molecule has 0 aliphatic rings. The van der Waals surface area contributed by atoms with Gasteiger partial charge in [0.25, 0.3) is 5.91 Å². The molecule has 0 saturated carbocycles. The first-order valence-corrected chi connectivity index (χ1v) is 8.79. The van der Waals surface area contributed by atoms with Crippen LogP contribution in [0.1, 0.15) is 34.1 Å². The van der Waals surface area contributed by atoms with Gasteiger partial charge in [0.1, 0.15) is 11.4 Å². The third kappa shape index (κ3) is 4.54. The van der Waals surface area contributed by atoms with Crippen LogP contribution in [0.25, 0.3) is 11.3 Å². The average Bonchev–Trinajstić information content (AvgIpc) is 3.19. The monoisotopic (exact) mass is 365 g/mol. The fourth-order valence-corrected chi connectivity index (χ4v) is 2.85. The number of hydrogen-bond donors (Lipinski definition) is 3. The van der Waals surface area contributed by atoms with E-state index in [9.17, 15) is 9.90 Å². The minimum atomic E-state index is -0.272. The van der Waals surface area contributed by atoms with Crippen molar-refractivity contribution in [3.63, 3.8) is 0 Å². The summed E-state index contributed by atoms with van der Waals surface area (Å²) in [5.74, 6) is 0.458. The van der Waals surface area contributed by atoms with Crippen LogP contribution in [0.4, 0.5) is 0 Å². The molecule has 6 heteroatoms. The van der Waals surface area contributed by atoms with Crippen molar-refractivity contribution < 1.29 is 14.6 Å². The number of rotatable bonds is 7. The summed E-state index contributed by atoms with van der Waals surface area (Å²) >= 11 is 0. The van der Waals surface area contributed by atoms with E-state index >= 15 is 0 Å². The number of nitrogens with zero attached hydrogens (tertiary/aromatic N) is 1. The predicted molar refractivity (Wildman–Crippen MR) is 104 cm³/mol. The van der Waals surface area contributed by atoms with Gasteiger partial charge in [-0.25, -0.2) is 0 Å². The van der Waals surface area contributed by atoms with Crippen LogP contribution < -0.4 is 10.1 Å². The average molecular weight is 365 g/mol. The van der Waals surface area contributed by atoms with E-state index in [-0.39, 0.29) is 18.6 Å². The van der Waals surface area contributed by atoms with Crippen molar-refractivity contribution in [3.8, 4) is 17.0 Å². The molecule has 2 aromatic carbocycles. The zero-order chi connectivity index (χ0) is 19.2. The third-order valence-corrected chi connectivity index (χ3v) is 4.39. The minimum Gasteiger partial charge on any atom is -0.497 e. The molecule has 0 aliphatic heterocycles. The van der Waals surface area contributed by atoms with Crippen molar-refractivity contribution in [1.82, 2.24) is 15.5 Å². The number of aromatic nitrogens is 2. The molecule has 1 aromatic heterocycles. The molecule has 0 spiro atoms. The second kappa shape index (κ2) is 8.51. The molecule has 0 bridgehead atoms. The van der Waals surface area contributed by atoms with E-state index in [1.54, 1.807) is 13.2 Å². The Hall–Kier alpha value is -3.12. The molecule has 1 amide bonds. The highest BCUT2D eigenvalue weighted by atomic mass is 16.5. The third-order valence-electron chi connectivity index (χ3n) is 4.39. The van der Waals surface area contributed by atoms with Gasteiger partial charge in [-0.3, -0.25) is 9.89 Å². The molecule has 0 unspecified atom stereocenters. The summed E-state index contributed by atoms with van der Waals surface area (Å²) in [6.07, 6.45) is 0.436. The van der Waals surface area contributed by atoms with Crippen LogP contribution in [0, 0.1) is 6.92 Å². The van der Waals surface area contributed by atoms with Crippen LogP contribution in [-0.4, -0.2) is 34.9 Å². The number of ether oxygens (including phenoxy) is 1. The van der Waals surface area contributed by atoms with Crippen LogP contribution in [0.15, 0.2) is 54.6 Å². The lowest BCUT2D eigenvalue weighted by Gasteiger charge is -2.18. The Morgan fingerprint density at radius 1 is 1.22 bits per heavy atom. The smallest absolute Gasteiger partial charge is 0.269 e. The first-order valence-electron chi connectivity index (χ1n) is 8.79. The highest BCUT2D eigenvalue weighted by molar-refractivity contribution is 5.93. The number of nitrogens with one attached hydrogen (secondary N) is 2. The zero-order valence-corrected chi connectivity index (χ0v) is 15.4. The molecule has 3 rings (SSSR count). The van der Waals surface area contributed by atoms with Gasteiger partial charge in [-0.2, -0.15) is 5.10 Å². The molecule has 0 aliphatic carbocycles. The van der Waals surface area contributed by atoms with Gasteiger partial charge in [-0.05, 0) is 37.1 Å². The molecule has 3 aromatic rings. The lowest BCUT2D eigenvalue weighted by molar-refractivity contribution is 0.0925. The molecule has 0 radical (unpaired) electrons. The van der Waals surface area contributed by atoms with Crippen molar-refractivity contribution in [2.24, 2.45) is 0 Å². The number of amides is 1. The van der Waals surface area contributed by atoms with Gasteiger partial charge >= 0.3 is 0 Å². The van der Waals surface area contributed by atoms with E-state index in [2.05, 4.69) is 15.5 Å². The van der Waals surface area contributed by atoms with E-state index in [0.29, 0.717) is 17.8 Å². The quantitative estimate of drug-likeness (QED) is 0.600. The fraction of sp³-hybridized carbons (Fsp3) is 0.238. The van der Waals surface area contributed by atoms with E-state index < -0.39 is 0 Å². The fourth-order valence-electron chi connectivity index (χ4n) is 2.85. The van der Waals surface area contributed by atoms with Gasteiger partial charge in [0.05, 0.1) is 18.8 Å². The summed E-state index contributed by atoms with van der Waals surface area (Å²) in [5, 5.41) is 19.3. The molecular formula is C21H23N3O3. The van der Waals surface area contributed by atoms with Crippen LogP contribution in [0.3, 0.4) is 0 Å². The van der Waals surface area contributed by atoms with Gasteiger partial charge in [0.15, 0.2) is 0 Å². The number of aliphatic hydroxyl groups excluding tert-OH is 1. The Labute approximate surface area is 158 Å². The molecule has 1 heterocycles. The first kappa shape index (κ1) is 18.7. The first-order chi connectivity index (χ1) is 13.1. The number of aromatic amines is 1. The van der Waals surface area contributed by atoms with Gasteiger partial charge in [-0.15, -0.1) is 0 Å². The van der Waals surface area contributed by atoms with E-state index in [0.717, 1.165) is 22.4 Å². The lowest BCUT2D eigenvalue weighted by Crippen LogP contribution is -2.29. The molecule has 1 atom stereocenters. The normalized spacial score (nSPS) is 11.8. The second-order valence-corrected chi connectivity index (χ2v) is 6.35.